The maximum atomic E-state index is 12.8. The van der Waals surface area contributed by atoms with Crippen molar-refractivity contribution in [1.82, 2.24) is 19.8 Å². The number of aromatic nitrogens is 3. The van der Waals surface area contributed by atoms with Crippen LogP contribution in [0.5, 0.6) is 0 Å². The van der Waals surface area contributed by atoms with E-state index in [9.17, 15) is 9.59 Å². The average molecular weight is 380 g/mol. The zero-order valence-corrected chi connectivity index (χ0v) is 15.6. The second kappa shape index (κ2) is 6.84. The Kier molecular flexibility index (Phi) is 4.34. The van der Waals surface area contributed by atoms with Crippen LogP contribution in [0.2, 0.25) is 0 Å². The van der Waals surface area contributed by atoms with Gasteiger partial charge in [-0.05, 0) is 31.5 Å². The Balaban J connectivity index is 1.50. The van der Waals surface area contributed by atoms with E-state index in [1.54, 1.807) is 23.0 Å². The molecule has 0 saturated carbocycles. The van der Waals surface area contributed by atoms with Crippen LogP contribution in [-0.2, 0) is 17.9 Å². The molecule has 0 radical (unpaired) electrons. The predicted octanol–water partition coefficient (Wildman–Crippen LogP) is 2.09. The number of carbonyl (C=O) groups excluding carboxylic acids is 2. The van der Waals surface area contributed by atoms with Crippen LogP contribution in [0.4, 0.5) is 16.2 Å². The summed E-state index contributed by atoms with van der Waals surface area (Å²) in [6, 6.07) is 6.87. The highest BCUT2D eigenvalue weighted by atomic mass is 16.5. The zero-order valence-electron chi connectivity index (χ0n) is 15.6. The van der Waals surface area contributed by atoms with E-state index in [-0.39, 0.29) is 18.5 Å². The number of nitrogen functional groups attached to an aromatic ring is 1. The maximum absolute atomic E-state index is 12.8. The lowest BCUT2D eigenvalue weighted by Gasteiger charge is -2.16. The Morgan fingerprint density at radius 2 is 1.89 bits per heavy atom. The lowest BCUT2D eigenvalue weighted by molar-refractivity contribution is -0.116. The van der Waals surface area contributed by atoms with Crippen LogP contribution in [0, 0.1) is 13.8 Å². The Labute approximate surface area is 161 Å². The molecule has 0 unspecified atom stereocenters. The monoisotopic (exact) mass is 380 g/mol. The van der Waals surface area contributed by atoms with Crippen molar-refractivity contribution in [2.75, 3.05) is 17.2 Å². The Hall–Kier alpha value is -3.62. The summed E-state index contributed by atoms with van der Waals surface area (Å²) in [5, 5.41) is 8.20. The van der Waals surface area contributed by atoms with Crippen molar-refractivity contribution in [3.63, 3.8) is 0 Å². The standard InChI is InChI=1S/C19H20N6O3/c1-12-17(13(2)28-22-12)10-24-9-16(7-21-24)25-18(26)11-23(19(25)27)8-14-3-5-15(20)6-4-14/h3-7,9H,8,10-11,20H2,1-2H3. The van der Waals surface area contributed by atoms with Gasteiger partial charge >= 0.3 is 6.03 Å². The first-order valence-electron chi connectivity index (χ1n) is 8.83. The second-order valence-corrected chi connectivity index (χ2v) is 6.81. The van der Waals surface area contributed by atoms with Gasteiger partial charge in [-0.25, -0.2) is 9.69 Å². The molecule has 4 rings (SSSR count). The summed E-state index contributed by atoms with van der Waals surface area (Å²) < 4.78 is 6.82. The minimum atomic E-state index is -0.362. The van der Waals surface area contributed by atoms with Gasteiger partial charge in [0.25, 0.3) is 5.91 Å². The van der Waals surface area contributed by atoms with Crippen LogP contribution in [0.25, 0.3) is 0 Å². The fourth-order valence-electron chi connectivity index (χ4n) is 3.22. The molecule has 1 saturated heterocycles. The van der Waals surface area contributed by atoms with Gasteiger partial charge in [0.15, 0.2) is 0 Å². The van der Waals surface area contributed by atoms with Crippen LogP contribution < -0.4 is 10.6 Å². The molecule has 2 aromatic heterocycles. The van der Waals surface area contributed by atoms with Crippen LogP contribution in [0.1, 0.15) is 22.6 Å². The van der Waals surface area contributed by atoms with Crippen LogP contribution >= 0.6 is 0 Å². The lowest BCUT2D eigenvalue weighted by atomic mass is 10.2. The van der Waals surface area contributed by atoms with Crippen molar-refractivity contribution >= 4 is 23.3 Å². The van der Waals surface area contributed by atoms with E-state index in [2.05, 4.69) is 10.3 Å². The van der Waals surface area contributed by atoms with Crippen LogP contribution in [-0.4, -0.2) is 38.3 Å². The van der Waals surface area contributed by atoms with Crippen LogP contribution in [0.15, 0.2) is 41.2 Å². The third-order valence-corrected chi connectivity index (χ3v) is 4.77. The van der Waals surface area contributed by atoms with Gasteiger partial charge in [-0.3, -0.25) is 9.48 Å². The number of aryl methyl sites for hydroxylation is 2. The molecule has 0 atom stereocenters. The van der Waals surface area contributed by atoms with Gasteiger partial charge in [0, 0.05) is 24.0 Å². The van der Waals surface area contributed by atoms with Gasteiger partial charge < -0.3 is 15.2 Å². The van der Waals surface area contributed by atoms with Crippen molar-refractivity contribution in [3.05, 3.63) is 59.2 Å². The molecular formula is C19H20N6O3. The molecule has 1 fully saturated rings. The quantitative estimate of drug-likeness (QED) is 0.536. The molecular weight excluding hydrogens is 360 g/mol. The molecule has 0 spiro atoms. The molecule has 0 bridgehead atoms. The molecule has 1 aromatic carbocycles. The van der Waals surface area contributed by atoms with Gasteiger partial charge in [-0.1, -0.05) is 17.3 Å². The molecule has 3 aromatic rings. The number of hydrogen-bond donors (Lipinski definition) is 1. The average Bonchev–Trinajstić information content (AvgIpc) is 3.32. The highest BCUT2D eigenvalue weighted by Gasteiger charge is 2.37. The van der Waals surface area contributed by atoms with Gasteiger partial charge in [0.2, 0.25) is 0 Å². The molecule has 2 N–H and O–H groups in total. The lowest BCUT2D eigenvalue weighted by Crippen LogP contribution is -2.32. The van der Waals surface area contributed by atoms with E-state index in [0.717, 1.165) is 27.5 Å². The number of benzene rings is 1. The van der Waals surface area contributed by atoms with Crippen molar-refractivity contribution < 1.29 is 14.1 Å². The van der Waals surface area contributed by atoms with Gasteiger partial charge in [-0.15, -0.1) is 0 Å². The summed E-state index contributed by atoms with van der Waals surface area (Å²) in [6.45, 7) is 4.51. The summed E-state index contributed by atoms with van der Waals surface area (Å²) in [7, 11) is 0. The minimum absolute atomic E-state index is 0.0260. The number of nitrogens with two attached hydrogens (primary N) is 1. The highest BCUT2D eigenvalue weighted by molar-refractivity contribution is 6.19. The number of rotatable bonds is 5. The number of nitrogens with zero attached hydrogens (tertiary/aromatic N) is 5. The fourth-order valence-corrected chi connectivity index (χ4v) is 3.22. The number of anilines is 2. The Bertz CT molecular complexity index is 1020. The fraction of sp³-hybridized carbons (Fsp3) is 0.263. The molecule has 1 aliphatic heterocycles. The number of carbonyl (C=O) groups is 2. The molecule has 9 heteroatoms. The topological polar surface area (TPSA) is 110 Å². The van der Waals surface area contributed by atoms with Crippen molar-refractivity contribution in [1.29, 1.82) is 0 Å². The Morgan fingerprint density at radius 3 is 2.57 bits per heavy atom. The number of imide groups is 1. The summed E-state index contributed by atoms with van der Waals surface area (Å²) in [4.78, 5) is 27.9. The van der Waals surface area contributed by atoms with E-state index in [1.165, 1.54) is 11.1 Å². The first kappa shape index (κ1) is 17.8. The molecule has 3 amide bonds. The highest BCUT2D eigenvalue weighted by Crippen LogP contribution is 2.23. The van der Waals surface area contributed by atoms with E-state index >= 15 is 0 Å². The molecule has 144 valence electrons. The third-order valence-electron chi connectivity index (χ3n) is 4.77. The predicted molar refractivity (Wildman–Crippen MR) is 101 cm³/mol. The normalized spacial score (nSPS) is 14.4. The van der Waals surface area contributed by atoms with Crippen molar-refractivity contribution in [3.8, 4) is 0 Å². The SMILES string of the molecule is Cc1noc(C)c1Cn1cc(N2C(=O)CN(Cc3ccc(N)cc3)C2=O)cn1. The first-order chi connectivity index (χ1) is 13.4. The van der Waals surface area contributed by atoms with Crippen molar-refractivity contribution in [2.24, 2.45) is 0 Å². The largest absolute Gasteiger partial charge is 0.399 e. The molecule has 3 heterocycles. The van der Waals surface area contributed by atoms with E-state index in [4.69, 9.17) is 10.3 Å². The van der Waals surface area contributed by atoms with Gasteiger partial charge in [-0.2, -0.15) is 5.10 Å². The summed E-state index contributed by atoms with van der Waals surface area (Å²) in [6.07, 6.45) is 3.19. The summed E-state index contributed by atoms with van der Waals surface area (Å²) in [5.74, 6) is 0.440. The molecule has 0 aliphatic carbocycles. The summed E-state index contributed by atoms with van der Waals surface area (Å²) in [5.41, 5.74) is 9.42. The van der Waals surface area contributed by atoms with E-state index in [1.807, 2.05) is 26.0 Å². The van der Waals surface area contributed by atoms with Gasteiger partial charge in [0.1, 0.15) is 12.3 Å². The van der Waals surface area contributed by atoms with Gasteiger partial charge in [0.05, 0.1) is 24.1 Å². The third kappa shape index (κ3) is 3.22. The van der Waals surface area contributed by atoms with Crippen molar-refractivity contribution in [2.45, 2.75) is 26.9 Å². The second-order valence-electron chi connectivity index (χ2n) is 6.81. The number of urea groups is 1. The zero-order chi connectivity index (χ0) is 19.8. The maximum Gasteiger partial charge on any atom is 0.332 e. The summed E-state index contributed by atoms with van der Waals surface area (Å²) >= 11 is 0. The number of amides is 3. The van der Waals surface area contributed by atoms with E-state index < -0.39 is 0 Å². The molecule has 9 nitrogen and oxygen atoms in total. The number of hydrogen-bond acceptors (Lipinski definition) is 6. The smallest absolute Gasteiger partial charge is 0.332 e. The van der Waals surface area contributed by atoms with Crippen LogP contribution in [0.3, 0.4) is 0 Å². The minimum Gasteiger partial charge on any atom is -0.399 e. The molecule has 28 heavy (non-hydrogen) atoms. The Morgan fingerprint density at radius 1 is 1.14 bits per heavy atom. The van der Waals surface area contributed by atoms with E-state index in [0.29, 0.717) is 24.5 Å². The first-order valence-corrected chi connectivity index (χ1v) is 8.83. The molecule has 1 aliphatic rings.